The number of benzene rings is 1. The summed E-state index contributed by atoms with van der Waals surface area (Å²) >= 11 is 9.63. The van der Waals surface area contributed by atoms with Crippen LogP contribution in [0.4, 0.5) is 0 Å². The van der Waals surface area contributed by atoms with Crippen molar-refractivity contribution < 1.29 is 0 Å². The molecule has 1 aliphatic carbocycles. The second-order valence-corrected chi connectivity index (χ2v) is 6.16. The number of hydrazine groups is 1. The third-order valence-corrected chi connectivity index (χ3v) is 4.40. The highest BCUT2D eigenvalue weighted by Crippen LogP contribution is 2.31. The Morgan fingerprint density at radius 3 is 2.76 bits per heavy atom. The third-order valence-electron chi connectivity index (χ3n) is 3.56. The lowest BCUT2D eigenvalue weighted by Crippen LogP contribution is -2.39. The normalized spacial score (nSPS) is 17.8. The van der Waals surface area contributed by atoms with Gasteiger partial charge in [0, 0.05) is 15.5 Å². The van der Waals surface area contributed by atoms with Crippen LogP contribution in [0.25, 0.3) is 0 Å². The van der Waals surface area contributed by atoms with Crippen molar-refractivity contribution in [2.24, 2.45) is 11.8 Å². The van der Waals surface area contributed by atoms with Crippen molar-refractivity contribution in [1.82, 2.24) is 5.43 Å². The molecule has 1 unspecified atom stereocenters. The van der Waals surface area contributed by atoms with E-state index in [1.165, 1.54) is 19.3 Å². The zero-order valence-electron chi connectivity index (χ0n) is 9.76. The van der Waals surface area contributed by atoms with E-state index in [0.717, 1.165) is 33.8 Å². The SMILES string of the molecule is NNC(Cc1ccc(Br)cc1Cl)CC1CCC1. The van der Waals surface area contributed by atoms with Gasteiger partial charge in [0.25, 0.3) is 0 Å². The maximum absolute atomic E-state index is 6.22. The molecule has 4 heteroatoms. The molecular formula is C13H18BrClN2. The average molecular weight is 318 g/mol. The number of hydrogen-bond donors (Lipinski definition) is 2. The molecule has 1 saturated carbocycles. The van der Waals surface area contributed by atoms with Gasteiger partial charge in [-0.2, -0.15) is 0 Å². The first-order valence-corrected chi connectivity index (χ1v) is 7.26. The van der Waals surface area contributed by atoms with Gasteiger partial charge in [-0.15, -0.1) is 0 Å². The summed E-state index contributed by atoms with van der Waals surface area (Å²) in [5.74, 6) is 6.48. The van der Waals surface area contributed by atoms with Gasteiger partial charge in [0.1, 0.15) is 0 Å². The summed E-state index contributed by atoms with van der Waals surface area (Å²) in [5, 5.41) is 0.813. The zero-order valence-corrected chi connectivity index (χ0v) is 12.1. The molecule has 2 rings (SSSR count). The van der Waals surface area contributed by atoms with Crippen molar-refractivity contribution in [2.75, 3.05) is 0 Å². The Balaban J connectivity index is 1.96. The summed E-state index contributed by atoms with van der Waals surface area (Å²) in [6, 6.07) is 6.36. The summed E-state index contributed by atoms with van der Waals surface area (Å²) in [7, 11) is 0. The van der Waals surface area contributed by atoms with Crippen molar-refractivity contribution in [3.63, 3.8) is 0 Å². The lowest BCUT2D eigenvalue weighted by Gasteiger charge is -2.29. The molecule has 1 atom stereocenters. The number of nitrogens with two attached hydrogens (primary N) is 1. The Bertz CT molecular complexity index is 380. The van der Waals surface area contributed by atoms with Crippen LogP contribution < -0.4 is 11.3 Å². The first-order valence-electron chi connectivity index (χ1n) is 6.09. The molecule has 17 heavy (non-hydrogen) atoms. The van der Waals surface area contributed by atoms with Gasteiger partial charge >= 0.3 is 0 Å². The van der Waals surface area contributed by atoms with Crippen molar-refractivity contribution in [1.29, 1.82) is 0 Å². The Morgan fingerprint density at radius 1 is 1.47 bits per heavy atom. The van der Waals surface area contributed by atoms with E-state index < -0.39 is 0 Å². The monoisotopic (exact) mass is 316 g/mol. The van der Waals surface area contributed by atoms with Gasteiger partial charge in [-0.3, -0.25) is 11.3 Å². The molecule has 0 aromatic heterocycles. The van der Waals surface area contributed by atoms with E-state index in [-0.39, 0.29) is 0 Å². The Labute approximate surface area is 116 Å². The van der Waals surface area contributed by atoms with Gasteiger partial charge in [0.2, 0.25) is 0 Å². The van der Waals surface area contributed by atoms with Gasteiger partial charge in [0.15, 0.2) is 0 Å². The number of halogens is 2. The van der Waals surface area contributed by atoms with Crippen LogP contribution in [0.2, 0.25) is 5.02 Å². The fraction of sp³-hybridized carbons (Fsp3) is 0.538. The molecule has 1 aromatic carbocycles. The predicted octanol–water partition coefficient (Wildman–Crippen LogP) is 3.67. The minimum Gasteiger partial charge on any atom is -0.271 e. The number of hydrogen-bond acceptors (Lipinski definition) is 2. The molecule has 0 radical (unpaired) electrons. The smallest absolute Gasteiger partial charge is 0.0449 e. The first kappa shape index (κ1) is 13.3. The highest BCUT2D eigenvalue weighted by Gasteiger charge is 2.22. The Hall–Kier alpha value is -0.0900. The van der Waals surface area contributed by atoms with Gasteiger partial charge in [-0.1, -0.05) is 52.9 Å². The van der Waals surface area contributed by atoms with Crippen LogP contribution in [0, 0.1) is 5.92 Å². The minimum absolute atomic E-state index is 0.332. The summed E-state index contributed by atoms with van der Waals surface area (Å²) < 4.78 is 1.02. The second-order valence-electron chi connectivity index (χ2n) is 4.84. The molecule has 0 aliphatic heterocycles. The van der Waals surface area contributed by atoms with Crippen molar-refractivity contribution in [2.45, 2.75) is 38.1 Å². The summed E-state index contributed by atoms with van der Waals surface area (Å²) in [4.78, 5) is 0. The van der Waals surface area contributed by atoms with Gasteiger partial charge in [-0.25, -0.2) is 0 Å². The maximum atomic E-state index is 6.22. The Kier molecular flexibility index (Phi) is 4.86. The molecule has 1 aliphatic rings. The highest BCUT2D eigenvalue weighted by molar-refractivity contribution is 9.10. The predicted molar refractivity (Wildman–Crippen MR) is 75.9 cm³/mol. The molecule has 94 valence electrons. The van der Waals surface area contributed by atoms with E-state index in [9.17, 15) is 0 Å². The summed E-state index contributed by atoms with van der Waals surface area (Å²) in [5.41, 5.74) is 4.09. The van der Waals surface area contributed by atoms with Crippen LogP contribution in [0.3, 0.4) is 0 Å². The van der Waals surface area contributed by atoms with E-state index in [2.05, 4.69) is 27.4 Å². The van der Waals surface area contributed by atoms with Gasteiger partial charge in [-0.05, 0) is 36.5 Å². The van der Waals surface area contributed by atoms with Crippen LogP contribution >= 0.6 is 27.5 Å². The van der Waals surface area contributed by atoms with E-state index >= 15 is 0 Å². The van der Waals surface area contributed by atoms with Crippen LogP contribution in [0.1, 0.15) is 31.2 Å². The number of rotatable bonds is 5. The Morgan fingerprint density at radius 2 is 2.24 bits per heavy atom. The highest BCUT2D eigenvalue weighted by atomic mass is 79.9. The van der Waals surface area contributed by atoms with E-state index in [4.69, 9.17) is 17.4 Å². The van der Waals surface area contributed by atoms with Gasteiger partial charge in [0.05, 0.1) is 0 Å². The van der Waals surface area contributed by atoms with Crippen LogP contribution in [-0.4, -0.2) is 6.04 Å². The number of nitrogens with one attached hydrogen (secondary N) is 1. The third kappa shape index (κ3) is 3.68. The largest absolute Gasteiger partial charge is 0.271 e. The summed E-state index contributed by atoms with van der Waals surface area (Å²) in [6.07, 6.45) is 6.14. The fourth-order valence-corrected chi connectivity index (χ4v) is 3.04. The van der Waals surface area contributed by atoms with Crippen LogP contribution in [-0.2, 0) is 6.42 Å². The lowest BCUT2D eigenvalue weighted by atomic mass is 9.80. The second kappa shape index (κ2) is 6.19. The molecule has 0 spiro atoms. The quantitative estimate of drug-likeness (QED) is 0.642. The molecule has 0 bridgehead atoms. The van der Waals surface area contributed by atoms with Crippen LogP contribution in [0.5, 0.6) is 0 Å². The lowest BCUT2D eigenvalue weighted by molar-refractivity contribution is 0.259. The van der Waals surface area contributed by atoms with Crippen molar-refractivity contribution in [3.8, 4) is 0 Å². The molecule has 3 N–H and O–H groups in total. The first-order chi connectivity index (χ1) is 8.19. The maximum Gasteiger partial charge on any atom is 0.0449 e. The minimum atomic E-state index is 0.332. The molecule has 0 amide bonds. The zero-order chi connectivity index (χ0) is 12.3. The molecular weight excluding hydrogens is 300 g/mol. The molecule has 0 heterocycles. The topological polar surface area (TPSA) is 38.0 Å². The standard InChI is InChI=1S/C13H18BrClN2/c14-11-5-4-10(13(15)8-11)7-12(17-16)6-9-2-1-3-9/h4-5,8-9,12,17H,1-3,6-7,16H2. The van der Waals surface area contributed by atoms with Crippen LogP contribution in [0.15, 0.2) is 22.7 Å². The molecule has 0 saturated heterocycles. The van der Waals surface area contributed by atoms with Gasteiger partial charge < -0.3 is 0 Å². The fourth-order valence-electron chi connectivity index (χ4n) is 2.29. The van der Waals surface area contributed by atoms with E-state index in [1.807, 2.05) is 12.1 Å². The van der Waals surface area contributed by atoms with Crippen molar-refractivity contribution in [3.05, 3.63) is 33.3 Å². The summed E-state index contributed by atoms with van der Waals surface area (Å²) in [6.45, 7) is 0. The molecule has 2 nitrogen and oxygen atoms in total. The van der Waals surface area contributed by atoms with E-state index in [1.54, 1.807) is 0 Å². The molecule has 1 aromatic rings. The van der Waals surface area contributed by atoms with Crippen molar-refractivity contribution >= 4 is 27.5 Å². The average Bonchev–Trinajstić information content (AvgIpc) is 2.24. The van der Waals surface area contributed by atoms with E-state index in [0.29, 0.717) is 6.04 Å². The molecule has 1 fully saturated rings.